The van der Waals surface area contributed by atoms with Crippen LogP contribution in [0.15, 0.2) is 18.2 Å². The highest BCUT2D eigenvalue weighted by Gasteiger charge is 2.19. The van der Waals surface area contributed by atoms with Gasteiger partial charge in [0.05, 0.1) is 6.61 Å². The van der Waals surface area contributed by atoms with E-state index in [0.717, 1.165) is 0 Å². The van der Waals surface area contributed by atoms with Crippen molar-refractivity contribution < 1.29 is 24.5 Å². The number of carbonyl (C=O) groups excluding carboxylic acids is 1. The molecule has 0 bridgehead atoms. The van der Waals surface area contributed by atoms with Gasteiger partial charge in [0, 0.05) is 12.0 Å². The Morgan fingerprint density at radius 3 is 2.44 bits per heavy atom. The molecule has 2 N–H and O–H groups in total. The molecule has 0 spiro atoms. The molecule has 0 saturated carbocycles. The Hall–Kier alpha value is -1.88. The summed E-state index contributed by atoms with van der Waals surface area (Å²) in [7, 11) is 0. The van der Waals surface area contributed by atoms with E-state index in [-0.39, 0.29) is 11.3 Å². The first kappa shape index (κ1) is 14.2. The van der Waals surface area contributed by atoms with Crippen molar-refractivity contribution in [2.75, 3.05) is 6.61 Å². The molecule has 1 rings (SSSR count). The lowest BCUT2D eigenvalue weighted by Crippen LogP contribution is -2.12. The molecule has 1 atom stereocenters. The van der Waals surface area contributed by atoms with Crippen LogP contribution < -0.4 is 4.74 Å². The second-order valence-corrected chi connectivity index (χ2v) is 3.74. The highest BCUT2D eigenvalue weighted by Crippen LogP contribution is 2.23. The number of aliphatic carboxylic acids is 1. The van der Waals surface area contributed by atoms with Gasteiger partial charge in [-0.05, 0) is 30.7 Å². The normalized spacial score (nSPS) is 11.9. The van der Waals surface area contributed by atoms with E-state index >= 15 is 0 Å². The van der Waals surface area contributed by atoms with Crippen molar-refractivity contribution in [2.24, 2.45) is 0 Å². The standard InChI is InChI=1S/C13H16O5/c1-3-11(14)8-5-9(12(15)13(16)17)7-10(6-8)18-4-2/h5-7,12,15H,3-4H2,1-2H3,(H,16,17). The van der Waals surface area contributed by atoms with Gasteiger partial charge in [-0.15, -0.1) is 0 Å². The number of Topliss-reactive ketones (excluding diaryl/α,β-unsaturated/α-hetero) is 1. The molecule has 0 fully saturated rings. The molecular weight excluding hydrogens is 236 g/mol. The smallest absolute Gasteiger partial charge is 0.337 e. The van der Waals surface area contributed by atoms with Crippen LogP contribution in [-0.2, 0) is 4.79 Å². The predicted octanol–water partition coefficient (Wildman–Crippen LogP) is 1.80. The Morgan fingerprint density at radius 1 is 1.28 bits per heavy atom. The van der Waals surface area contributed by atoms with Crippen molar-refractivity contribution in [3.05, 3.63) is 29.3 Å². The van der Waals surface area contributed by atoms with Gasteiger partial charge in [-0.3, -0.25) is 4.79 Å². The fourth-order valence-corrected chi connectivity index (χ4v) is 1.54. The summed E-state index contributed by atoms with van der Waals surface area (Å²) in [6.45, 7) is 3.89. The van der Waals surface area contributed by atoms with E-state index < -0.39 is 12.1 Å². The molecule has 1 aromatic carbocycles. The number of ketones is 1. The summed E-state index contributed by atoms with van der Waals surface area (Å²) < 4.78 is 5.26. The largest absolute Gasteiger partial charge is 0.494 e. The molecule has 98 valence electrons. The van der Waals surface area contributed by atoms with Crippen molar-refractivity contribution in [1.82, 2.24) is 0 Å². The van der Waals surface area contributed by atoms with Crippen LogP contribution in [0, 0.1) is 0 Å². The molecule has 5 nitrogen and oxygen atoms in total. The maximum Gasteiger partial charge on any atom is 0.337 e. The van der Waals surface area contributed by atoms with E-state index in [2.05, 4.69) is 0 Å². The quantitative estimate of drug-likeness (QED) is 0.754. The zero-order valence-corrected chi connectivity index (χ0v) is 10.3. The molecule has 0 saturated heterocycles. The van der Waals surface area contributed by atoms with Crippen molar-refractivity contribution in [1.29, 1.82) is 0 Å². The van der Waals surface area contributed by atoms with Gasteiger partial charge in [0.25, 0.3) is 0 Å². The minimum Gasteiger partial charge on any atom is -0.494 e. The van der Waals surface area contributed by atoms with Gasteiger partial charge in [-0.1, -0.05) is 6.92 Å². The third kappa shape index (κ3) is 3.30. The first-order chi connectivity index (χ1) is 8.49. The number of carboxylic acids is 1. The predicted molar refractivity (Wildman–Crippen MR) is 64.8 cm³/mol. The van der Waals surface area contributed by atoms with Crippen LogP contribution in [0.4, 0.5) is 0 Å². The van der Waals surface area contributed by atoms with E-state index in [4.69, 9.17) is 9.84 Å². The fraction of sp³-hybridized carbons (Fsp3) is 0.385. The Balaban J connectivity index is 3.21. The van der Waals surface area contributed by atoms with Gasteiger partial charge < -0.3 is 14.9 Å². The van der Waals surface area contributed by atoms with E-state index in [1.165, 1.54) is 12.1 Å². The number of rotatable bonds is 6. The van der Waals surface area contributed by atoms with Crippen molar-refractivity contribution in [3.8, 4) is 5.75 Å². The summed E-state index contributed by atoms with van der Waals surface area (Å²) in [6, 6.07) is 4.36. The van der Waals surface area contributed by atoms with E-state index in [9.17, 15) is 14.7 Å². The molecule has 0 aliphatic heterocycles. The van der Waals surface area contributed by atoms with Crippen molar-refractivity contribution >= 4 is 11.8 Å². The molecule has 0 aliphatic rings. The van der Waals surface area contributed by atoms with Crippen LogP contribution in [0.2, 0.25) is 0 Å². The Kier molecular flexibility index (Phi) is 4.85. The lowest BCUT2D eigenvalue weighted by atomic mass is 10.0. The Bertz CT molecular complexity index is 453. The molecule has 1 aromatic rings. The highest BCUT2D eigenvalue weighted by atomic mass is 16.5. The van der Waals surface area contributed by atoms with E-state index in [1.807, 2.05) is 0 Å². The first-order valence-electron chi connectivity index (χ1n) is 5.71. The molecule has 0 aromatic heterocycles. The molecule has 0 heterocycles. The Morgan fingerprint density at radius 2 is 1.94 bits per heavy atom. The summed E-state index contributed by atoms with van der Waals surface area (Å²) in [5, 5.41) is 18.3. The van der Waals surface area contributed by atoms with Crippen LogP contribution in [0.3, 0.4) is 0 Å². The van der Waals surface area contributed by atoms with Crippen LogP contribution >= 0.6 is 0 Å². The maximum absolute atomic E-state index is 11.6. The zero-order valence-electron chi connectivity index (χ0n) is 10.3. The highest BCUT2D eigenvalue weighted by molar-refractivity contribution is 5.96. The second-order valence-electron chi connectivity index (χ2n) is 3.74. The van der Waals surface area contributed by atoms with Crippen LogP contribution in [0.25, 0.3) is 0 Å². The summed E-state index contributed by atoms with van der Waals surface area (Å²) in [6.07, 6.45) is -1.35. The average Bonchev–Trinajstić information content (AvgIpc) is 2.36. The number of benzene rings is 1. The SMILES string of the molecule is CCOc1cc(C(=O)CC)cc(C(O)C(=O)O)c1. The molecule has 5 heteroatoms. The lowest BCUT2D eigenvalue weighted by molar-refractivity contribution is -0.146. The number of hydrogen-bond donors (Lipinski definition) is 2. The maximum atomic E-state index is 11.6. The molecular formula is C13H16O5. The van der Waals surface area contributed by atoms with Crippen LogP contribution in [-0.4, -0.2) is 28.6 Å². The molecule has 18 heavy (non-hydrogen) atoms. The number of ether oxygens (including phenoxy) is 1. The zero-order chi connectivity index (χ0) is 13.7. The van der Waals surface area contributed by atoms with Gasteiger partial charge in [-0.2, -0.15) is 0 Å². The van der Waals surface area contributed by atoms with Gasteiger partial charge in [0.1, 0.15) is 5.75 Å². The summed E-state index contributed by atoms with van der Waals surface area (Å²) in [5.74, 6) is -1.11. The summed E-state index contributed by atoms with van der Waals surface area (Å²) in [4.78, 5) is 22.4. The second kappa shape index (κ2) is 6.16. The minimum atomic E-state index is -1.66. The average molecular weight is 252 g/mol. The van der Waals surface area contributed by atoms with E-state index in [0.29, 0.717) is 24.3 Å². The Labute approximate surface area is 105 Å². The molecule has 0 aliphatic carbocycles. The van der Waals surface area contributed by atoms with Crippen LogP contribution in [0.1, 0.15) is 42.3 Å². The van der Waals surface area contributed by atoms with Gasteiger partial charge in [0.2, 0.25) is 0 Å². The number of aliphatic hydroxyl groups excluding tert-OH is 1. The minimum absolute atomic E-state index is 0.129. The van der Waals surface area contributed by atoms with Gasteiger partial charge in [-0.25, -0.2) is 4.79 Å². The van der Waals surface area contributed by atoms with E-state index in [1.54, 1.807) is 19.9 Å². The number of carboxylic acid groups (broad SMARTS) is 1. The lowest BCUT2D eigenvalue weighted by Gasteiger charge is -2.11. The third-order valence-corrected chi connectivity index (χ3v) is 2.43. The van der Waals surface area contributed by atoms with Crippen LogP contribution in [0.5, 0.6) is 5.75 Å². The third-order valence-electron chi connectivity index (χ3n) is 2.43. The summed E-state index contributed by atoms with van der Waals surface area (Å²) >= 11 is 0. The fourth-order valence-electron chi connectivity index (χ4n) is 1.54. The number of hydrogen-bond acceptors (Lipinski definition) is 4. The first-order valence-corrected chi connectivity index (χ1v) is 5.71. The molecule has 0 amide bonds. The summed E-state index contributed by atoms with van der Waals surface area (Å²) in [5.41, 5.74) is 0.490. The number of aliphatic hydroxyl groups is 1. The topological polar surface area (TPSA) is 83.8 Å². The van der Waals surface area contributed by atoms with Crippen molar-refractivity contribution in [3.63, 3.8) is 0 Å². The van der Waals surface area contributed by atoms with Gasteiger partial charge >= 0.3 is 5.97 Å². The molecule has 1 unspecified atom stereocenters. The molecule has 0 radical (unpaired) electrons. The monoisotopic (exact) mass is 252 g/mol. The van der Waals surface area contributed by atoms with Crippen molar-refractivity contribution in [2.45, 2.75) is 26.4 Å². The number of carbonyl (C=O) groups is 2. The van der Waals surface area contributed by atoms with Gasteiger partial charge in [0.15, 0.2) is 11.9 Å².